The van der Waals surface area contributed by atoms with Gasteiger partial charge in [-0.25, -0.2) is 4.98 Å². The lowest BCUT2D eigenvalue weighted by Crippen LogP contribution is -2.21. The van der Waals surface area contributed by atoms with Gasteiger partial charge in [0, 0.05) is 31.7 Å². The standard InChI is InChI=1S/C36H34Br2N4O6/c1-6-46-32-14-22(5)28(18-27(32)21(3)4)35-40-30-11-9-8-10-26(30)36(43)41(35)39-19-23-15-31(42(44)45)34(33(16-23)47-7-2)48-20-24-12-13-25(37)17-29(24)38/h8-19,21H,6-7,20H2,1-5H3. The van der Waals surface area contributed by atoms with Gasteiger partial charge in [0.25, 0.3) is 5.56 Å². The van der Waals surface area contributed by atoms with E-state index >= 15 is 0 Å². The first-order valence-electron chi connectivity index (χ1n) is 15.4. The molecule has 1 heterocycles. The van der Waals surface area contributed by atoms with Gasteiger partial charge in [-0.2, -0.15) is 9.78 Å². The minimum atomic E-state index is -0.530. The molecule has 4 aromatic carbocycles. The van der Waals surface area contributed by atoms with Gasteiger partial charge in [0.2, 0.25) is 5.75 Å². The summed E-state index contributed by atoms with van der Waals surface area (Å²) < 4.78 is 20.6. The summed E-state index contributed by atoms with van der Waals surface area (Å²) in [7, 11) is 0. The van der Waals surface area contributed by atoms with Gasteiger partial charge < -0.3 is 14.2 Å². The van der Waals surface area contributed by atoms with E-state index in [2.05, 4.69) is 50.8 Å². The van der Waals surface area contributed by atoms with E-state index in [0.29, 0.717) is 34.5 Å². The van der Waals surface area contributed by atoms with E-state index in [0.717, 1.165) is 31.4 Å². The van der Waals surface area contributed by atoms with E-state index in [1.807, 2.05) is 50.2 Å². The van der Waals surface area contributed by atoms with Gasteiger partial charge in [-0.15, -0.1) is 0 Å². The van der Waals surface area contributed by atoms with Crippen molar-refractivity contribution in [1.29, 1.82) is 0 Å². The number of aromatic nitrogens is 2. The molecule has 10 nitrogen and oxygen atoms in total. The van der Waals surface area contributed by atoms with E-state index < -0.39 is 4.92 Å². The smallest absolute Gasteiger partial charge is 0.315 e. The minimum Gasteiger partial charge on any atom is -0.494 e. The van der Waals surface area contributed by atoms with Gasteiger partial charge in [0.15, 0.2) is 11.6 Å². The third-order valence-electron chi connectivity index (χ3n) is 7.54. The molecular formula is C36H34Br2N4O6. The molecule has 12 heteroatoms. The average molecular weight is 778 g/mol. The van der Waals surface area contributed by atoms with Crippen LogP contribution in [-0.2, 0) is 6.61 Å². The van der Waals surface area contributed by atoms with Gasteiger partial charge in [-0.1, -0.05) is 63.9 Å². The quantitative estimate of drug-likeness (QED) is 0.0704. The van der Waals surface area contributed by atoms with E-state index in [1.54, 1.807) is 31.2 Å². The first-order chi connectivity index (χ1) is 23.0. The zero-order valence-corrected chi connectivity index (χ0v) is 30.3. The molecule has 0 aliphatic carbocycles. The molecule has 0 saturated heterocycles. The van der Waals surface area contributed by atoms with E-state index in [1.165, 1.54) is 17.0 Å². The molecule has 0 bridgehead atoms. The molecule has 5 rings (SSSR count). The molecule has 1 aromatic heterocycles. The summed E-state index contributed by atoms with van der Waals surface area (Å²) in [6.45, 7) is 10.6. The van der Waals surface area contributed by atoms with Crippen LogP contribution >= 0.6 is 31.9 Å². The van der Waals surface area contributed by atoms with Crippen molar-refractivity contribution in [2.75, 3.05) is 13.2 Å². The Morgan fingerprint density at radius 3 is 2.40 bits per heavy atom. The number of fused-ring (bicyclic) bond motifs is 1. The number of nitrogens with zero attached hydrogens (tertiary/aromatic N) is 4. The van der Waals surface area contributed by atoms with Crippen molar-refractivity contribution in [2.45, 2.75) is 47.1 Å². The lowest BCUT2D eigenvalue weighted by molar-refractivity contribution is -0.386. The van der Waals surface area contributed by atoms with E-state index in [-0.39, 0.29) is 41.9 Å². The molecule has 0 amide bonds. The second kappa shape index (κ2) is 15.1. The Bertz CT molecular complexity index is 2090. The highest BCUT2D eigenvalue weighted by Gasteiger charge is 2.24. The lowest BCUT2D eigenvalue weighted by atomic mass is 9.96. The zero-order valence-electron chi connectivity index (χ0n) is 27.1. The largest absolute Gasteiger partial charge is 0.494 e. The number of nitro groups is 1. The molecule has 0 N–H and O–H groups in total. The summed E-state index contributed by atoms with van der Waals surface area (Å²) in [5.74, 6) is 1.41. The molecule has 48 heavy (non-hydrogen) atoms. The van der Waals surface area contributed by atoms with Gasteiger partial charge in [-0.3, -0.25) is 14.9 Å². The number of nitro benzene ring substituents is 1. The fraction of sp³-hybridized carbons (Fsp3) is 0.250. The highest BCUT2D eigenvalue weighted by molar-refractivity contribution is 9.11. The molecular weight excluding hydrogens is 744 g/mol. The van der Waals surface area contributed by atoms with Crippen LogP contribution in [0.4, 0.5) is 5.69 Å². The Morgan fingerprint density at radius 2 is 1.71 bits per heavy atom. The number of benzene rings is 4. The molecule has 0 radical (unpaired) electrons. The Morgan fingerprint density at radius 1 is 0.979 bits per heavy atom. The molecule has 0 aliphatic rings. The Kier molecular flexibility index (Phi) is 11.0. The van der Waals surface area contributed by atoms with E-state index in [9.17, 15) is 14.9 Å². The topological polar surface area (TPSA) is 118 Å². The fourth-order valence-electron chi connectivity index (χ4n) is 5.22. The van der Waals surface area contributed by atoms with Crippen LogP contribution in [0.1, 0.15) is 55.9 Å². The second-order valence-electron chi connectivity index (χ2n) is 11.2. The number of hydrogen-bond donors (Lipinski definition) is 0. The minimum absolute atomic E-state index is 0.00901. The molecule has 0 unspecified atom stereocenters. The molecule has 0 aliphatic heterocycles. The number of para-hydroxylation sites is 1. The number of ether oxygens (including phenoxy) is 3. The van der Waals surface area contributed by atoms with Crippen LogP contribution < -0.4 is 19.8 Å². The average Bonchev–Trinajstić information content (AvgIpc) is 3.04. The van der Waals surface area contributed by atoms with Crippen LogP contribution in [-0.4, -0.2) is 34.0 Å². The predicted molar refractivity (Wildman–Crippen MR) is 195 cm³/mol. The maximum Gasteiger partial charge on any atom is 0.315 e. The highest BCUT2D eigenvalue weighted by atomic mass is 79.9. The van der Waals surface area contributed by atoms with Crippen molar-refractivity contribution in [3.05, 3.63) is 118 Å². The molecule has 5 aromatic rings. The van der Waals surface area contributed by atoms with Gasteiger partial charge in [-0.05, 0) is 80.3 Å². The predicted octanol–water partition coefficient (Wildman–Crippen LogP) is 9.19. The Balaban J connectivity index is 1.64. The monoisotopic (exact) mass is 776 g/mol. The third-order valence-corrected chi connectivity index (χ3v) is 8.77. The lowest BCUT2D eigenvalue weighted by Gasteiger charge is -2.18. The summed E-state index contributed by atoms with van der Waals surface area (Å²) in [5.41, 5.74) is 3.50. The first-order valence-corrected chi connectivity index (χ1v) is 17.0. The van der Waals surface area contributed by atoms with Crippen LogP contribution in [0.5, 0.6) is 17.2 Å². The Hall–Kier alpha value is -4.55. The van der Waals surface area contributed by atoms with Crippen molar-refractivity contribution in [2.24, 2.45) is 5.10 Å². The summed E-state index contributed by atoms with van der Waals surface area (Å²) >= 11 is 6.94. The molecule has 0 saturated carbocycles. The SMILES string of the molecule is CCOc1cc(C)c(-c2nc3ccccc3c(=O)n2N=Cc2cc(OCC)c(OCc3ccc(Br)cc3Br)c([N+](=O)[O-])c2)cc1C(C)C. The molecule has 0 fully saturated rings. The van der Waals surface area contributed by atoms with Crippen molar-refractivity contribution in [1.82, 2.24) is 9.66 Å². The number of rotatable bonds is 12. The zero-order chi connectivity index (χ0) is 34.5. The van der Waals surface area contributed by atoms with E-state index in [4.69, 9.17) is 19.2 Å². The van der Waals surface area contributed by atoms with Gasteiger partial charge in [0.05, 0.1) is 35.3 Å². The number of aryl methyl sites for hydroxylation is 1. The first kappa shape index (κ1) is 34.8. The van der Waals surface area contributed by atoms with Gasteiger partial charge in [0.1, 0.15) is 12.4 Å². The number of halogens is 2. The molecule has 0 spiro atoms. The van der Waals surface area contributed by atoms with Crippen LogP contribution in [0.25, 0.3) is 22.3 Å². The summed E-state index contributed by atoms with van der Waals surface area (Å²) in [6.07, 6.45) is 1.39. The van der Waals surface area contributed by atoms with Crippen LogP contribution in [0.3, 0.4) is 0 Å². The molecule has 0 atom stereocenters. The summed E-state index contributed by atoms with van der Waals surface area (Å²) in [4.78, 5) is 30.6. The normalized spacial score (nSPS) is 11.4. The van der Waals surface area contributed by atoms with Gasteiger partial charge >= 0.3 is 5.69 Å². The summed E-state index contributed by atoms with van der Waals surface area (Å²) in [6, 6.07) is 19.5. The van der Waals surface area contributed by atoms with Crippen molar-refractivity contribution in [3.63, 3.8) is 0 Å². The number of hydrogen-bond acceptors (Lipinski definition) is 8. The van der Waals surface area contributed by atoms with Crippen molar-refractivity contribution in [3.8, 4) is 28.6 Å². The van der Waals surface area contributed by atoms with Crippen molar-refractivity contribution < 1.29 is 19.1 Å². The Labute approximate surface area is 294 Å². The van der Waals surface area contributed by atoms with Crippen LogP contribution in [0, 0.1) is 17.0 Å². The van der Waals surface area contributed by atoms with Crippen LogP contribution in [0.2, 0.25) is 0 Å². The second-order valence-corrected chi connectivity index (χ2v) is 13.0. The maximum absolute atomic E-state index is 13.9. The summed E-state index contributed by atoms with van der Waals surface area (Å²) in [5, 5.41) is 17.3. The van der Waals surface area contributed by atoms with Crippen molar-refractivity contribution >= 4 is 54.7 Å². The van der Waals surface area contributed by atoms with Crippen LogP contribution in [0.15, 0.2) is 85.6 Å². The highest BCUT2D eigenvalue weighted by Crippen LogP contribution is 2.40. The molecule has 248 valence electrons. The third kappa shape index (κ3) is 7.44. The maximum atomic E-state index is 13.9. The fourth-order valence-corrected chi connectivity index (χ4v) is 6.38.